The van der Waals surface area contributed by atoms with Gasteiger partial charge in [-0.25, -0.2) is 4.79 Å². The minimum atomic E-state index is -0.707. The zero-order valence-electron chi connectivity index (χ0n) is 17.1. The monoisotopic (exact) mass is 435 g/mol. The molecule has 0 aliphatic heterocycles. The predicted octanol–water partition coefficient (Wildman–Crippen LogP) is 3.77. The predicted molar refractivity (Wildman–Crippen MR) is 122 cm³/mol. The van der Waals surface area contributed by atoms with E-state index in [0.717, 1.165) is 16.9 Å². The molecule has 8 heteroatoms. The van der Waals surface area contributed by atoms with E-state index in [-0.39, 0.29) is 17.0 Å². The van der Waals surface area contributed by atoms with E-state index in [9.17, 15) is 9.59 Å². The van der Waals surface area contributed by atoms with Gasteiger partial charge in [0.25, 0.3) is 5.56 Å². The summed E-state index contributed by atoms with van der Waals surface area (Å²) in [5.74, 6) is 0.0105. The van der Waals surface area contributed by atoms with Crippen LogP contribution in [0.4, 0.5) is 0 Å². The van der Waals surface area contributed by atoms with Gasteiger partial charge in [0.05, 0.1) is 20.8 Å². The third-order valence-corrected chi connectivity index (χ3v) is 4.82. The summed E-state index contributed by atoms with van der Waals surface area (Å²) in [5.41, 5.74) is 1.30. The molecule has 0 spiro atoms. The zero-order valence-corrected chi connectivity index (χ0v) is 17.9. The Morgan fingerprint density at radius 1 is 1.10 bits per heavy atom. The Bertz CT molecular complexity index is 1240. The second-order valence-electron chi connectivity index (χ2n) is 6.39. The molecule has 0 atom stereocenters. The number of rotatable bonds is 7. The van der Waals surface area contributed by atoms with E-state index >= 15 is 0 Å². The van der Waals surface area contributed by atoms with Crippen molar-refractivity contribution in [2.24, 2.45) is 5.10 Å². The Morgan fingerprint density at radius 3 is 2.52 bits per heavy atom. The van der Waals surface area contributed by atoms with Crippen molar-refractivity contribution in [2.45, 2.75) is 6.54 Å². The average Bonchev–Trinajstić information content (AvgIpc) is 2.80. The van der Waals surface area contributed by atoms with E-state index in [1.807, 2.05) is 60.7 Å². The maximum absolute atomic E-state index is 12.6. The Balaban J connectivity index is 2.00. The lowest BCUT2D eigenvalue weighted by molar-refractivity contribution is 0.0587. The number of esters is 1. The molecule has 0 aliphatic carbocycles. The van der Waals surface area contributed by atoms with Gasteiger partial charge < -0.3 is 9.47 Å². The minimum Gasteiger partial charge on any atom is -0.496 e. The molecule has 3 aromatic rings. The third-order valence-electron chi connectivity index (χ3n) is 4.43. The minimum absolute atomic E-state index is 0.0521. The third kappa shape index (κ3) is 5.23. The summed E-state index contributed by atoms with van der Waals surface area (Å²) < 4.78 is 12.8. The molecule has 0 saturated carbocycles. The Hall–Kier alpha value is -3.78. The molecule has 7 nitrogen and oxygen atoms in total. The SMILES string of the molecule is COC(=O)c1cc(=O)n(Cc2ccccc2)c(=S)n1/N=C/C=C/c1ccccc1OC. The first-order chi connectivity index (χ1) is 15.0. The highest BCUT2D eigenvalue weighted by molar-refractivity contribution is 7.71. The van der Waals surface area contributed by atoms with Crippen molar-refractivity contribution in [1.29, 1.82) is 0 Å². The molecule has 2 aromatic carbocycles. The molecule has 0 radical (unpaired) electrons. The molecule has 1 heterocycles. The Morgan fingerprint density at radius 2 is 1.81 bits per heavy atom. The smallest absolute Gasteiger partial charge is 0.357 e. The first kappa shape index (κ1) is 21.9. The second-order valence-corrected chi connectivity index (χ2v) is 6.76. The van der Waals surface area contributed by atoms with Crippen LogP contribution < -0.4 is 10.3 Å². The fraction of sp³-hybridized carbons (Fsp3) is 0.130. The number of hydrogen-bond acceptors (Lipinski definition) is 6. The summed E-state index contributed by atoms with van der Waals surface area (Å²) in [6.45, 7) is 0.256. The largest absolute Gasteiger partial charge is 0.496 e. The van der Waals surface area contributed by atoms with Crippen LogP contribution in [-0.4, -0.2) is 35.6 Å². The van der Waals surface area contributed by atoms with Gasteiger partial charge >= 0.3 is 5.97 Å². The van der Waals surface area contributed by atoms with E-state index in [4.69, 9.17) is 21.7 Å². The Kier molecular flexibility index (Phi) is 7.29. The fourth-order valence-electron chi connectivity index (χ4n) is 2.90. The number of benzene rings is 2. The van der Waals surface area contributed by atoms with Gasteiger partial charge in [0, 0.05) is 17.8 Å². The topological polar surface area (TPSA) is 74.8 Å². The molecule has 3 rings (SSSR count). The number of hydrogen-bond donors (Lipinski definition) is 0. The lowest BCUT2D eigenvalue weighted by Crippen LogP contribution is -2.28. The molecule has 31 heavy (non-hydrogen) atoms. The number of aromatic nitrogens is 2. The van der Waals surface area contributed by atoms with Gasteiger partial charge in [0.2, 0.25) is 4.77 Å². The normalized spacial score (nSPS) is 11.2. The lowest BCUT2D eigenvalue weighted by atomic mass is 10.2. The van der Waals surface area contributed by atoms with Crippen LogP contribution in [0.5, 0.6) is 5.75 Å². The number of para-hydroxylation sites is 1. The molecule has 0 bridgehead atoms. The molecular weight excluding hydrogens is 414 g/mol. The second kappa shape index (κ2) is 10.3. The number of carbonyl (C=O) groups is 1. The van der Waals surface area contributed by atoms with Gasteiger partial charge in [0.15, 0.2) is 5.69 Å². The summed E-state index contributed by atoms with van der Waals surface area (Å²) in [5, 5.41) is 4.29. The molecule has 0 unspecified atom stereocenters. The van der Waals surface area contributed by atoms with Crippen molar-refractivity contribution >= 4 is 30.5 Å². The maximum atomic E-state index is 12.6. The van der Waals surface area contributed by atoms with Crippen molar-refractivity contribution in [3.8, 4) is 5.75 Å². The van der Waals surface area contributed by atoms with E-state index < -0.39 is 11.5 Å². The Labute approximate surface area is 184 Å². The van der Waals surface area contributed by atoms with Crippen LogP contribution in [0.15, 0.2) is 76.6 Å². The van der Waals surface area contributed by atoms with Crippen LogP contribution >= 0.6 is 12.2 Å². The summed E-state index contributed by atoms with van der Waals surface area (Å²) in [6, 6.07) is 18.1. The van der Waals surface area contributed by atoms with Crippen LogP contribution in [0.3, 0.4) is 0 Å². The molecule has 1 aromatic heterocycles. The molecule has 0 saturated heterocycles. The standard InChI is InChI=1S/C23H21N3O4S/c1-29-20-13-7-6-11-18(20)12-8-14-24-26-19(22(28)30-2)15-21(27)25(23(26)31)16-17-9-4-3-5-10-17/h3-15H,16H2,1-2H3/b12-8+,24-14+. The van der Waals surface area contributed by atoms with Gasteiger partial charge in [-0.3, -0.25) is 9.36 Å². The zero-order chi connectivity index (χ0) is 22.2. The summed E-state index contributed by atoms with van der Waals surface area (Å²) in [4.78, 5) is 24.8. The van der Waals surface area contributed by atoms with Crippen LogP contribution in [0.1, 0.15) is 21.6 Å². The van der Waals surface area contributed by atoms with E-state index in [2.05, 4.69) is 5.10 Å². The first-order valence-corrected chi connectivity index (χ1v) is 9.79. The van der Waals surface area contributed by atoms with Crippen LogP contribution in [0.2, 0.25) is 0 Å². The summed E-state index contributed by atoms with van der Waals surface area (Å²) >= 11 is 5.48. The van der Waals surface area contributed by atoms with E-state index in [1.54, 1.807) is 13.2 Å². The molecule has 158 valence electrons. The summed E-state index contributed by atoms with van der Waals surface area (Å²) in [7, 11) is 2.83. The lowest BCUT2D eigenvalue weighted by Gasteiger charge is -2.12. The first-order valence-electron chi connectivity index (χ1n) is 9.38. The van der Waals surface area contributed by atoms with Crippen molar-refractivity contribution in [3.63, 3.8) is 0 Å². The van der Waals surface area contributed by atoms with Gasteiger partial charge in [-0.15, -0.1) is 0 Å². The van der Waals surface area contributed by atoms with E-state index in [1.165, 1.54) is 28.6 Å². The highest BCUT2D eigenvalue weighted by Gasteiger charge is 2.16. The number of carbonyl (C=O) groups excluding carboxylic acids is 1. The van der Waals surface area contributed by atoms with Crippen molar-refractivity contribution in [2.75, 3.05) is 14.2 Å². The molecule has 0 aliphatic rings. The molecule has 0 N–H and O–H groups in total. The van der Waals surface area contributed by atoms with Gasteiger partial charge in [-0.1, -0.05) is 48.5 Å². The maximum Gasteiger partial charge on any atom is 0.357 e. The van der Waals surface area contributed by atoms with Crippen molar-refractivity contribution in [3.05, 3.63) is 98.7 Å². The van der Waals surface area contributed by atoms with Gasteiger partial charge in [-0.05, 0) is 36.0 Å². The van der Waals surface area contributed by atoms with Crippen molar-refractivity contribution < 1.29 is 14.3 Å². The van der Waals surface area contributed by atoms with E-state index in [0.29, 0.717) is 0 Å². The molecule has 0 fully saturated rings. The number of ether oxygens (including phenoxy) is 2. The fourth-order valence-corrected chi connectivity index (χ4v) is 3.20. The average molecular weight is 436 g/mol. The van der Waals surface area contributed by atoms with Gasteiger partial charge in [-0.2, -0.15) is 9.78 Å². The van der Waals surface area contributed by atoms with Crippen LogP contribution in [-0.2, 0) is 11.3 Å². The number of nitrogens with zero attached hydrogens (tertiary/aromatic N) is 3. The highest BCUT2D eigenvalue weighted by atomic mass is 32.1. The van der Waals surface area contributed by atoms with Crippen LogP contribution in [0.25, 0.3) is 6.08 Å². The molecular formula is C23H21N3O4S. The quantitative estimate of drug-likeness (QED) is 0.321. The van der Waals surface area contributed by atoms with Crippen molar-refractivity contribution in [1.82, 2.24) is 9.24 Å². The number of allylic oxidation sites excluding steroid dienone is 1. The van der Waals surface area contributed by atoms with Gasteiger partial charge in [0.1, 0.15) is 5.75 Å². The molecule has 0 amide bonds. The highest BCUT2D eigenvalue weighted by Crippen LogP contribution is 2.18. The number of methoxy groups -OCH3 is 2. The summed E-state index contributed by atoms with van der Waals surface area (Å²) in [6.07, 6.45) is 4.98. The van der Waals surface area contributed by atoms with Crippen LogP contribution in [0, 0.1) is 4.77 Å².